The Balaban J connectivity index is 4.44. The molecule has 0 radical (unpaired) electrons. The molecule has 0 aliphatic heterocycles. The first-order valence-electron chi connectivity index (χ1n) is 3.22. The summed E-state index contributed by atoms with van der Waals surface area (Å²) in [6.45, 7) is -4.35. The van der Waals surface area contributed by atoms with Crippen molar-refractivity contribution in [2.45, 2.75) is 26.4 Å². The fraction of sp³-hybridized carbons (Fsp3) is 1.00. The minimum Gasteiger partial charge on any atom is -0.316 e. The molecule has 0 saturated carbocycles. The molecule has 1 atom stereocenters. The summed E-state index contributed by atoms with van der Waals surface area (Å²) in [5.74, 6) is 0. The first kappa shape index (κ1) is 13.7. The van der Waals surface area contributed by atoms with Crippen LogP contribution in [0.4, 0.5) is 0 Å². The Morgan fingerprint density at radius 2 is 1.54 bits per heavy atom. The van der Waals surface area contributed by atoms with E-state index in [-0.39, 0.29) is 11.0 Å². The van der Waals surface area contributed by atoms with Crippen LogP contribution in [0.2, 0.25) is 0 Å². The lowest BCUT2D eigenvalue weighted by Crippen LogP contribution is -2.16. The third kappa shape index (κ3) is 8.97. The minimum absolute atomic E-state index is 0.359. The van der Waals surface area contributed by atoms with Crippen LogP contribution >= 0.6 is 24.6 Å². The molecule has 0 aliphatic rings. The lowest BCUT2D eigenvalue weighted by atomic mass is 10.2. The van der Waals surface area contributed by atoms with Gasteiger partial charge in [0.1, 0.15) is 0 Å². The van der Waals surface area contributed by atoms with Crippen LogP contribution in [0.25, 0.3) is 0 Å². The Labute approximate surface area is 79.9 Å². The van der Waals surface area contributed by atoms with E-state index in [1.54, 1.807) is 0 Å². The molecule has 0 heterocycles. The molecule has 0 bridgehead atoms. The van der Waals surface area contributed by atoms with Crippen LogP contribution in [0.1, 0.15) is 20.8 Å². The number of hydrogen-bond acceptors (Lipinski definition) is 4. The molecule has 1 unspecified atom stereocenters. The fourth-order valence-electron chi connectivity index (χ4n) is 0.497. The molecule has 6 nitrogen and oxygen atoms in total. The second-order valence-electron chi connectivity index (χ2n) is 3.24. The van der Waals surface area contributed by atoms with Crippen LogP contribution in [0, 0.1) is 0 Å². The van der Waals surface area contributed by atoms with Gasteiger partial charge < -0.3 is 14.7 Å². The highest BCUT2D eigenvalue weighted by molar-refractivity contribution is 8.84. The van der Waals surface area contributed by atoms with Crippen molar-refractivity contribution in [1.82, 2.24) is 0 Å². The summed E-state index contributed by atoms with van der Waals surface area (Å²) in [7, 11) is 0. The molecule has 80 valence electrons. The summed E-state index contributed by atoms with van der Waals surface area (Å²) >= 11 is -0.359. The van der Waals surface area contributed by atoms with Crippen molar-refractivity contribution in [3.8, 4) is 0 Å². The average molecular weight is 250 g/mol. The van der Waals surface area contributed by atoms with Crippen LogP contribution in [-0.2, 0) is 13.7 Å². The van der Waals surface area contributed by atoms with Gasteiger partial charge in [0.2, 0.25) is 0 Å². The summed E-state index contributed by atoms with van der Waals surface area (Å²) in [6.07, 6.45) is 0. The summed E-state index contributed by atoms with van der Waals surface area (Å²) < 4.78 is 26.0. The van der Waals surface area contributed by atoms with Gasteiger partial charge in [0.05, 0.1) is 16.6 Å². The van der Waals surface area contributed by atoms with Crippen LogP contribution in [0.15, 0.2) is 0 Å². The van der Waals surface area contributed by atoms with Gasteiger partial charge in [-0.3, -0.25) is 4.52 Å². The van der Waals surface area contributed by atoms with Crippen LogP contribution < -0.4 is 0 Å². The molecule has 0 aromatic heterocycles. The highest BCUT2D eigenvalue weighted by Gasteiger charge is 2.36. The highest BCUT2D eigenvalue weighted by Crippen LogP contribution is 2.73. The molecule has 0 aromatic rings. The number of rotatable bonds is 3. The van der Waals surface area contributed by atoms with E-state index in [0.717, 1.165) is 0 Å². The van der Waals surface area contributed by atoms with E-state index in [9.17, 15) is 9.13 Å². The van der Waals surface area contributed by atoms with Crippen LogP contribution in [0.3, 0.4) is 0 Å². The second kappa shape index (κ2) is 4.03. The summed E-state index contributed by atoms with van der Waals surface area (Å²) in [5, 5.41) is 0. The van der Waals surface area contributed by atoms with E-state index in [1.165, 1.54) is 20.8 Å². The normalized spacial score (nSPS) is 18.3. The highest BCUT2D eigenvalue weighted by atomic mass is 33.1. The van der Waals surface area contributed by atoms with Gasteiger partial charge in [-0.25, -0.2) is 9.13 Å². The Kier molecular flexibility index (Phi) is 4.23. The lowest BCUT2D eigenvalue weighted by Gasteiger charge is -2.22. The van der Waals surface area contributed by atoms with Crippen molar-refractivity contribution in [2.24, 2.45) is 0 Å². The molecule has 13 heavy (non-hydrogen) atoms. The quantitative estimate of drug-likeness (QED) is 0.655. The van der Waals surface area contributed by atoms with Crippen molar-refractivity contribution in [1.29, 1.82) is 0 Å². The fourth-order valence-corrected chi connectivity index (χ4v) is 5.79. The first-order chi connectivity index (χ1) is 5.41. The first-order valence-corrected chi connectivity index (χ1v) is 8.43. The third-order valence-corrected chi connectivity index (χ3v) is 7.05. The maximum Gasteiger partial charge on any atom is 0.398 e. The minimum atomic E-state index is -4.59. The lowest BCUT2D eigenvalue weighted by molar-refractivity contribution is 0.120. The topological polar surface area (TPSA) is 104 Å². The molecule has 0 fully saturated rings. The number of hydrogen-bond donors (Lipinski definition) is 3. The largest absolute Gasteiger partial charge is 0.398 e. The van der Waals surface area contributed by atoms with Crippen LogP contribution in [0.5, 0.6) is 0 Å². The van der Waals surface area contributed by atoms with Crippen LogP contribution in [-0.4, -0.2) is 20.3 Å². The third-order valence-electron chi connectivity index (χ3n) is 0.599. The van der Waals surface area contributed by atoms with Gasteiger partial charge in [0.25, 0.3) is 0 Å². The summed E-state index contributed by atoms with van der Waals surface area (Å²) in [4.78, 5) is 25.8. The summed E-state index contributed by atoms with van der Waals surface area (Å²) in [5.41, 5.74) is -0.924. The molecular formula is C4H12O6P2S. The van der Waals surface area contributed by atoms with Gasteiger partial charge in [-0.15, -0.1) is 0 Å². The average Bonchev–Trinajstić information content (AvgIpc) is 1.43. The molecule has 0 saturated heterocycles. The van der Waals surface area contributed by atoms with Gasteiger partial charge in [-0.05, 0) is 20.8 Å². The summed E-state index contributed by atoms with van der Waals surface area (Å²) in [6, 6.07) is 0. The second-order valence-corrected chi connectivity index (χ2v) is 10.3. The van der Waals surface area contributed by atoms with E-state index >= 15 is 0 Å². The molecule has 9 heteroatoms. The van der Waals surface area contributed by atoms with E-state index in [1.807, 2.05) is 0 Å². The zero-order valence-electron chi connectivity index (χ0n) is 7.37. The predicted molar refractivity (Wildman–Crippen MR) is 50.3 cm³/mol. The van der Waals surface area contributed by atoms with E-state index < -0.39 is 19.2 Å². The maximum absolute atomic E-state index is 11.0. The van der Waals surface area contributed by atoms with Crippen molar-refractivity contribution >= 4 is 24.6 Å². The van der Waals surface area contributed by atoms with Gasteiger partial charge in [0, 0.05) is 0 Å². The molecular weight excluding hydrogens is 238 g/mol. The van der Waals surface area contributed by atoms with E-state index in [2.05, 4.69) is 4.52 Å². The molecule has 0 spiro atoms. The van der Waals surface area contributed by atoms with Gasteiger partial charge in [-0.2, -0.15) is 0 Å². The van der Waals surface area contributed by atoms with Crippen molar-refractivity contribution in [3.05, 3.63) is 0 Å². The molecule has 0 rings (SSSR count). The Bertz CT molecular complexity index is 264. The molecule has 0 aliphatic carbocycles. The Morgan fingerprint density at radius 1 is 1.15 bits per heavy atom. The smallest absolute Gasteiger partial charge is 0.316 e. The zero-order chi connectivity index (χ0) is 10.9. The maximum atomic E-state index is 11.0. The van der Waals surface area contributed by atoms with Gasteiger partial charge in [0.15, 0.2) is 0 Å². The van der Waals surface area contributed by atoms with E-state index in [4.69, 9.17) is 14.7 Å². The SMILES string of the molecule is CC(C)(C)OP(=O)(O)SP(=O)(O)O. The van der Waals surface area contributed by atoms with Crippen molar-refractivity contribution < 1.29 is 28.3 Å². The van der Waals surface area contributed by atoms with Crippen molar-refractivity contribution in [3.63, 3.8) is 0 Å². The predicted octanol–water partition coefficient (Wildman–Crippen LogP) is 1.73. The molecule has 0 amide bonds. The Hall–Kier alpha value is 0.650. The Morgan fingerprint density at radius 3 is 1.77 bits per heavy atom. The van der Waals surface area contributed by atoms with E-state index in [0.29, 0.717) is 0 Å². The zero-order valence-corrected chi connectivity index (χ0v) is 9.97. The molecule has 3 N–H and O–H groups in total. The monoisotopic (exact) mass is 250 g/mol. The molecule has 0 aromatic carbocycles. The van der Waals surface area contributed by atoms with Crippen molar-refractivity contribution in [2.75, 3.05) is 0 Å². The van der Waals surface area contributed by atoms with Gasteiger partial charge >= 0.3 is 13.6 Å². The van der Waals surface area contributed by atoms with Gasteiger partial charge in [-0.1, -0.05) is 0 Å². The standard InChI is InChI=1S/C4H12O6P2S/c1-4(2,3)10-12(8,9)13-11(5,6)7/h1-3H3,(H,8,9)(H2,5,6,7).